The minimum absolute atomic E-state index is 0.0219. The van der Waals surface area contributed by atoms with Gasteiger partial charge in [0.15, 0.2) is 0 Å². The van der Waals surface area contributed by atoms with Gasteiger partial charge in [-0.1, -0.05) is 42.5 Å². The first-order chi connectivity index (χ1) is 14.1. The van der Waals surface area contributed by atoms with Crippen molar-refractivity contribution in [2.24, 2.45) is 0 Å². The molecule has 0 N–H and O–H groups in total. The molecule has 1 unspecified atom stereocenters. The molecule has 0 fully saturated rings. The SMILES string of the molecule is Cc1cc(C(=O)N2CCc3ccccc3C2)nc(N2c3ccccc3CC2C)n1. The molecule has 0 saturated heterocycles. The molecule has 1 atom stereocenters. The van der Waals surface area contributed by atoms with E-state index in [9.17, 15) is 4.79 Å². The molecule has 2 aliphatic rings. The van der Waals surface area contributed by atoms with E-state index >= 15 is 0 Å². The number of benzene rings is 2. The van der Waals surface area contributed by atoms with Crippen molar-refractivity contribution in [2.75, 3.05) is 11.4 Å². The molecule has 0 saturated carbocycles. The van der Waals surface area contributed by atoms with Crippen LogP contribution < -0.4 is 4.90 Å². The summed E-state index contributed by atoms with van der Waals surface area (Å²) in [4.78, 5) is 26.7. The van der Waals surface area contributed by atoms with Crippen molar-refractivity contribution in [3.05, 3.63) is 82.7 Å². The van der Waals surface area contributed by atoms with Crippen LogP contribution in [0.3, 0.4) is 0 Å². The number of nitrogens with zero attached hydrogens (tertiary/aromatic N) is 4. The van der Waals surface area contributed by atoms with Gasteiger partial charge in [0.1, 0.15) is 5.69 Å². The molecule has 5 nitrogen and oxygen atoms in total. The molecular weight excluding hydrogens is 360 g/mol. The zero-order valence-electron chi connectivity index (χ0n) is 16.8. The number of aromatic nitrogens is 2. The Balaban J connectivity index is 1.47. The van der Waals surface area contributed by atoms with Gasteiger partial charge in [-0.15, -0.1) is 0 Å². The fraction of sp³-hybridized carbons (Fsp3) is 0.292. The van der Waals surface area contributed by atoms with Crippen LogP contribution in [0.2, 0.25) is 0 Å². The van der Waals surface area contributed by atoms with E-state index in [1.807, 2.05) is 24.0 Å². The zero-order valence-corrected chi connectivity index (χ0v) is 16.8. The molecule has 3 heterocycles. The van der Waals surface area contributed by atoms with Gasteiger partial charge in [-0.25, -0.2) is 9.97 Å². The molecule has 0 aliphatic carbocycles. The molecule has 2 aliphatic heterocycles. The van der Waals surface area contributed by atoms with Crippen molar-refractivity contribution >= 4 is 17.5 Å². The standard InChI is InChI=1S/C24H24N4O/c1-16-13-21(23(29)27-12-11-18-7-3-4-9-20(18)15-27)26-24(25-16)28-17(2)14-19-8-5-6-10-22(19)28/h3-10,13,17H,11-12,14-15H2,1-2H3. The fourth-order valence-corrected chi connectivity index (χ4v) is 4.47. The van der Waals surface area contributed by atoms with Crippen molar-refractivity contribution in [3.8, 4) is 0 Å². The lowest BCUT2D eigenvalue weighted by atomic mass is 10.00. The third-order valence-corrected chi connectivity index (χ3v) is 5.90. The second kappa shape index (κ2) is 6.99. The summed E-state index contributed by atoms with van der Waals surface area (Å²) in [6.07, 6.45) is 1.84. The van der Waals surface area contributed by atoms with E-state index in [1.54, 1.807) is 6.07 Å². The van der Waals surface area contributed by atoms with E-state index < -0.39 is 0 Å². The van der Waals surface area contributed by atoms with Crippen LogP contribution in [0, 0.1) is 6.92 Å². The molecule has 0 bridgehead atoms. The smallest absolute Gasteiger partial charge is 0.272 e. The quantitative estimate of drug-likeness (QED) is 0.668. The fourth-order valence-electron chi connectivity index (χ4n) is 4.47. The molecule has 0 radical (unpaired) electrons. The average Bonchev–Trinajstić information content (AvgIpc) is 3.08. The van der Waals surface area contributed by atoms with Gasteiger partial charge in [-0.2, -0.15) is 0 Å². The van der Waals surface area contributed by atoms with Gasteiger partial charge in [-0.05, 0) is 55.5 Å². The maximum Gasteiger partial charge on any atom is 0.272 e. The third-order valence-electron chi connectivity index (χ3n) is 5.90. The van der Waals surface area contributed by atoms with Crippen molar-refractivity contribution in [2.45, 2.75) is 39.3 Å². The van der Waals surface area contributed by atoms with E-state index in [2.05, 4.69) is 53.2 Å². The number of hydrogen-bond donors (Lipinski definition) is 0. The first-order valence-electron chi connectivity index (χ1n) is 10.2. The van der Waals surface area contributed by atoms with Crippen molar-refractivity contribution in [1.29, 1.82) is 0 Å². The Morgan fingerprint density at radius 1 is 1.00 bits per heavy atom. The Bertz CT molecular complexity index is 1090. The Morgan fingerprint density at radius 2 is 1.72 bits per heavy atom. The summed E-state index contributed by atoms with van der Waals surface area (Å²) in [6.45, 7) is 5.46. The summed E-state index contributed by atoms with van der Waals surface area (Å²) in [7, 11) is 0. The largest absolute Gasteiger partial charge is 0.333 e. The van der Waals surface area contributed by atoms with Gasteiger partial charge in [0.25, 0.3) is 5.91 Å². The monoisotopic (exact) mass is 384 g/mol. The van der Waals surface area contributed by atoms with Crippen LogP contribution in [-0.4, -0.2) is 33.4 Å². The second-order valence-corrected chi connectivity index (χ2v) is 7.99. The molecule has 5 heteroatoms. The first-order valence-corrected chi connectivity index (χ1v) is 10.2. The molecule has 3 aromatic rings. The number of rotatable bonds is 2. The van der Waals surface area contributed by atoms with E-state index in [0.29, 0.717) is 18.2 Å². The summed E-state index contributed by atoms with van der Waals surface area (Å²) in [5, 5.41) is 0. The van der Waals surface area contributed by atoms with Crippen LogP contribution >= 0.6 is 0 Å². The Labute approximate surface area is 171 Å². The molecule has 2 aromatic carbocycles. The van der Waals surface area contributed by atoms with Crippen LogP contribution in [0.5, 0.6) is 0 Å². The van der Waals surface area contributed by atoms with Gasteiger partial charge >= 0.3 is 0 Å². The number of fused-ring (bicyclic) bond motifs is 2. The number of carbonyl (C=O) groups excluding carboxylic acids is 1. The molecule has 29 heavy (non-hydrogen) atoms. The number of amides is 1. The van der Waals surface area contributed by atoms with E-state index in [-0.39, 0.29) is 11.9 Å². The van der Waals surface area contributed by atoms with Crippen molar-refractivity contribution in [1.82, 2.24) is 14.9 Å². The van der Waals surface area contributed by atoms with Crippen LogP contribution in [0.1, 0.15) is 39.8 Å². The average molecular weight is 384 g/mol. The lowest BCUT2D eigenvalue weighted by Crippen LogP contribution is -2.37. The van der Waals surface area contributed by atoms with E-state index in [0.717, 1.165) is 30.8 Å². The predicted octanol–water partition coefficient (Wildman–Crippen LogP) is 4.07. The minimum atomic E-state index is -0.0219. The summed E-state index contributed by atoms with van der Waals surface area (Å²) in [6, 6.07) is 18.8. The number of aryl methyl sites for hydroxylation is 1. The van der Waals surface area contributed by atoms with Gasteiger partial charge in [0.2, 0.25) is 5.95 Å². The predicted molar refractivity (Wildman–Crippen MR) is 113 cm³/mol. The highest BCUT2D eigenvalue weighted by atomic mass is 16.2. The van der Waals surface area contributed by atoms with Crippen LogP contribution in [0.25, 0.3) is 0 Å². The Morgan fingerprint density at radius 3 is 2.55 bits per heavy atom. The van der Waals surface area contributed by atoms with Gasteiger partial charge in [0.05, 0.1) is 0 Å². The van der Waals surface area contributed by atoms with Crippen molar-refractivity contribution in [3.63, 3.8) is 0 Å². The lowest BCUT2D eigenvalue weighted by Gasteiger charge is -2.29. The summed E-state index contributed by atoms with van der Waals surface area (Å²) in [5.41, 5.74) is 6.27. The minimum Gasteiger partial charge on any atom is -0.333 e. The normalized spacial score (nSPS) is 17.8. The molecule has 1 amide bonds. The highest BCUT2D eigenvalue weighted by molar-refractivity contribution is 5.93. The number of para-hydroxylation sites is 1. The Hall–Kier alpha value is -3.21. The van der Waals surface area contributed by atoms with Gasteiger partial charge < -0.3 is 9.80 Å². The van der Waals surface area contributed by atoms with Crippen LogP contribution in [0.15, 0.2) is 54.6 Å². The Kier molecular flexibility index (Phi) is 4.31. The molecule has 1 aromatic heterocycles. The number of hydrogen-bond acceptors (Lipinski definition) is 4. The second-order valence-electron chi connectivity index (χ2n) is 7.99. The van der Waals surface area contributed by atoms with Crippen molar-refractivity contribution < 1.29 is 4.79 Å². The zero-order chi connectivity index (χ0) is 20.0. The maximum absolute atomic E-state index is 13.3. The third kappa shape index (κ3) is 3.16. The number of anilines is 2. The molecular formula is C24H24N4O. The van der Waals surface area contributed by atoms with E-state index in [4.69, 9.17) is 4.98 Å². The number of carbonyl (C=O) groups is 1. The highest BCUT2D eigenvalue weighted by Crippen LogP contribution is 2.36. The lowest BCUT2D eigenvalue weighted by molar-refractivity contribution is 0.0728. The molecule has 5 rings (SSSR count). The molecule has 0 spiro atoms. The van der Waals surface area contributed by atoms with E-state index in [1.165, 1.54) is 16.7 Å². The first kappa shape index (κ1) is 17.9. The van der Waals surface area contributed by atoms with Crippen LogP contribution in [-0.2, 0) is 19.4 Å². The summed E-state index contributed by atoms with van der Waals surface area (Å²) >= 11 is 0. The molecule has 146 valence electrons. The highest BCUT2D eigenvalue weighted by Gasteiger charge is 2.30. The van der Waals surface area contributed by atoms with Gasteiger partial charge in [0, 0.05) is 30.5 Å². The van der Waals surface area contributed by atoms with Crippen LogP contribution in [0.4, 0.5) is 11.6 Å². The summed E-state index contributed by atoms with van der Waals surface area (Å²) < 4.78 is 0. The maximum atomic E-state index is 13.3. The topological polar surface area (TPSA) is 49.3 Å². The summed E-state index contributed by atoms with van der Waals surface area (Å²) in [5.74, 6) is 0.592. The van der Waals surface area contributed by atoms with Gasteiger partial charge in [-0.3, -0.25) is 4.79 Å².